The number of rotatable bonds is 5. The number of imide groups is 1. The first-order valence-electron chi connectivity index (χ1n) is 8.76. The number of benzene rings is 1. The van der Waals surface area contributed by atoms with E-state index in [1.165, 1.54) is 6.07 Å². The number of hydrogen-bond acceptors (Lipinski definition) is 4. The van der Waals surface area contributed by atoms with Gasteiger partial charge in [-0.3, -0.25) is 19.8 Å². The predicted octanol–water partition coefficient (Wildman–Crippen LogP) is 1.13. The molecule has 0 spiro atoms. The summed E-state index contributed by atoms with van der Waals surface area (Å²) < 4.78 is 13.6. The third-order valence-electron chi connectivity index (χ3n) is 4.23. The molecule has 1 fully saturated rings. The average molecular weight is 364 g/mol. The molecule has 1 aromatic carbocycles. The minimum Gasteiger partial charge on any atom is -0.338 e. The van der Waals surface area contributed by atoms with Crippen molar-refractivity contribution in [3.63, 3.8) is 0 Å². The fourth-order valence-corrected chi connectivity index (χ4v) is 2.67. The molecule has 0 radical (unpaired) electrons. The van der Waals surface area contributed by atoms with E-state index in [0.29, 0.717) is 43.9 Å². The van der Waals surface area contributed by atoms with E-state index in [-0.39, 0.29) is 18.4 Å². The summed E-state index contributed by atoms with van der Waals surface area (Å²) in [6.45, 7) is 6.12. The van der Waals surface area contributed by atoms with Crippen molar-refractivity contribution in [3.8, 4) is 0 Å². The van der Waals surface area contributed by atoms with Gasteiger partial charge in [-0.25, -0.2) is 9.18 Å². The maximum absolute atomic E-state index is 13.6. The van der Waals surface area contributed by atoms with Crippen LogP contribution in [-0.4, -0.2) is 66.9 Å². The molecular weight excluding hydrogens is 339 g/mol. The van der Waals surface area contributed by atoms with Crippen LogP contribution in [0.3, 0.4) is 0 Å². The maximum Gasteiger partial charge on any atom is 0.321 e. The number of carbonyl (C=O) groups excluding carboxylic acids is 3. The van der Waals surface area contributed by atoms with Crippen LogP contribution >= 0.6 is 0 Å². The first-order chi connectivity index (χ1) is 12.4. The van der Waals surface area contributed by atoms with Gasteiger partial charge in [0, 0.05) is 38.3 Å². The van der Waals surface area contributed by atoms with Crippen molar-refractivity contribution in [2.75, 3.05) is 39.3 Å². The molecule has 2 N–H and O–H groups in total. The normalized spacial score (nSPS) is 14.8. The zero-order valence-electron chi connectivity index (χ0n) is 15.2. The van der Waals surface area contributed by atoms with Gasteiger partial charge < -0.3 is 10.2 Å². The number of urea groups is 1. The maximum atomic E-state index is 13.6. The van der Waals surface area contributed by atoms with Gasteiger partial charge in [0.05, 0.1) is 6.54 Å². The summed E-state index contributed by atoms with van der Waals surface area (Å²) in [5.74, 6) is -0.988. The standard InChI is InChI=1S/C18H25FN4O3/c1-3-6-20-18(26)21-16(24)12-22-7-9-23(10-8-22)17(25)14-5-4-13(2)15(19)11-14/h4-5,11H,3,6-10,12H2,1-2H3,(H2,20,21,24,26). The molecule has 0 bridgehead atoms. The Labute approximate surface area is 152 Å². The summed E-state index contributed by atoms with van der Waals surface area (Å²) in [5, 5.41) is 4.86. The van der Waals surface area contributed by atoms with E-state index in [0.717, 1.165) is 6.42 Å². The highest BCUT2D eigenvalue weighted by Crippen LogP contribution is 2.13. The lowest BCUT2D eigenvalue weighted by Gasteiger charge is -2.34. The Balaban J connectivity index is 1.79. The molecule has 1 saturated heterocycles. The summed E-state index contributed by atoms with van der Waals surface area (Å²) in [6.07, 6.45) is 0.794. The zero-order valence-corrected chi connectivity index (χ0v) is 15.2. The fraction of sp³-hybridized carbons (Fsp3) is 0.500. The van der Waals surface area contributed by atoms with Crippen molar-refractivity contribution in [1.82, 2.24) is 20.4 Å². The van der Waals surface area contributed by atoms with Crippen molar-refractivity contribution < 1.29 is 18.8 Å². The van der Waals surface area contributed by atoms with Crippen LogP contribution in [0.15, 0.2) is 18.2 Å². The molecule has 7 nitrogen and oxygen atoms in total. The van der Waals surface area contributed by atoms with Crippen molar-refractivity contribution >= 4 is 17.8 Å². The Bertz CT molecular complexity index is 672. The van der Waals surface area contributed by atoms with Gasteiger partial charge in [0.25, 0.3) is 5.91 Å². The minimum absolute atomic E-state index is 0.0980. The lowest BCUT2D eigenvalue weighted by atomic mass is 10.1. The van der Waals surface area contributed by atoms with Gasteiger partial charge in [-0.1, -0.05) is 13.0 Å². The van der Waals surface area contributed by atoms with Crippen LogP contribution in [0.5, 0.6) is 0 Å². The molecule has 0 saturated carbocycles. The second-order valence-electron chi connectivity index (χ2n) is 6.34. The lowest BCUT2D eigenvalue weighted by molar-refractivity contribution is -0.121. The van der Waals surface area contributed by atoms with Crippen molar-refractivity contribution in [2.24, 2.45) is 0 Å². The van der Waals surface area contributed by atoms with Crippen LogP contribution in [0.4, 0.5) is 9.18 Å². The highest BCUT2D eigenvalue weighted by atomic mass is 19.1. The molecule has 26 heavy (non-hydrogen) atoms. The highest BCUT2D eigenvalue weighted by molar-refractivity contribution is 5.95. The van der Waals surface area contributed by atoms with Crippen LogP contribution in [0.25, 0.3) is 0 Å². The van der Waals surface area contributed by atoms with E-state index < -0.39 is 11.8 Å². The molecule has 142 valence electrons. The van der Waals surface area contributed by atoms with Crippen molar-refractivity contribution in [2.45, 2.75) is 20.3 Å². The van der Waals surface area contributed by atoms with Crippen LogP contribution in [-0.2, 0) is 4.79 Å². The average Bonchev–Trinajstić information content (AvgIpc) is 2.62. The highest BCUT2D eigenvalue weighted by Gasteiger charge is 2.24. The molecule has 1 aliphatic rings. The Morgan fingerprint density at radius 1 is 1.15 bits per heavy atom. The first-order valence-corrected chi connectivity index (χ1v) is 8.76. The van der Waals surface area contributed by atoms with Crippen LogP contribution < -0.4 is 10.6 Å². The summed E-state index contributed by atoms with van der Waals surface area (Å²) >= 11 is 0. The first kappa shape index (κ1) is 19.8. The molecular formula is C18H25FN4O3. The fourth-order valence-electron chi connectivity index (χ4n) is 2.67. The van der Waals surface area contributed by atoms with E-state index in [9.17, 15) is 18.8 Å². The second-order valence-corrected chi connectivity index (χ2v) is 6.34. The van der Waals surface area contributed by atoms with Crippen LogP contribution in [0, 0.1) is 12.7 Å². The van der Waals surface area contributed by atoms with Gasteiger partial charge in [-0.05, 0) is 31.0 Å². The quantitative estimate of drug-likeness (QED) is 0.821. The van der Waals surface area contributed by atoms with E-state index in [2.05, 4.69) is 10.6 Å². The Kier molecular flexibility index (Phi) is 7.08. The Morgan fingerprint density at radius 2 is 1.85 bits per heavy atom. The SMILES string of the molecule is CCCNC(=O)NC(=O)CN1CCN(C(=O)c2ccc(C)c(F)c2)CC1. The smallest absolute Gasteiger partial charge is 0.321 e. The van der Waals surface area contributed by atoms with Gasteiger partial charge >= 0.3 is 6.03 Å². The number of nitrogens with zero attached hydrogens (tertiary/aromatic N) is 2. The van der Waals surface area contributed by atoms with E-state index in [1.54, 1.807) is 24.0 Å². The summed E-state index contributed by atoms with van der Waals surface area (Å²) in [6, 6.07) is 3.97. The van der Waals surface area contributed by atoms with Crippen LogP contribution in [0.2, 0.25) is 0 Å². The monoisotopic (exact) mass is 364 g/mol. The van der Waals surface area contributed by atoms with Crippen molar-refractivity contribution in [1.29, 1.82) is 0 Å². The number of halogens is 1. The molecule has 2 rings (SSSR count). The van der Waals surface area contributed by atoms with E-state index >= 15 is 0 Å². The number of aryl methyl sites for hydroxylation is 1. The molecule has 1 aliphatic heterocycles. The largest absolute Gasteiger partial charge is 0.338 e. The molecule has 0 aliphatic carbocycles. The Morgan fingerprint density at radius 3 is 2.46 bits per heavy atom. The van der Waals surface area contributed by atoms with E-state index in [4.69, 9.17) is 0 Å². The number of piperazine rings is 1. The number of hydrogen-bond donors (Lipinski definition) is 2. The molecule has 0 atom stereocenters. The van der Waals surface area contributed by atoms with Crippen molar-refractivity contribution in [3.05, 3.63) is 35.1 Å². The molecule has 0 aromatic heterocycles. The van der Waals surface area contributed by atoms with Crippen LogP contribution in [0.1, 0.15) is 29.3 Å². The van der Waals surface area contributed by atoms with E-state index in [1.807, 2.05) is 11.8 Å². The number of carbonyl (C=O) groups is 3. The molecule has 8 heteroatoms. The van der Waals surface area contributed by atoms with Gasteiger partial charge in [0.1, 0.15) is 5.82 Å². The second kappa shape index (κ2) is 9.28. The van der Waals surface area contributed by atoms with Gasteiger partial charge in [-0.2, -0.15) is 0 Å². The zero-order chi connectivity index (χ0) is 19.1. The lowest BCUT2D eigenvalue weighted by Crippen LogP contribution is -2.52. The Hall–Kier alpha value is -2.48. The van der Waals surface area contributed by atoms with Gasteiger partial charge in [0.15, 0.2) is 0 Å². The van der Waals surface area contributed by atoms with Gasteiger partial charge in [-0.15, -0.1) is 0 Å². The number of nitrogens with one attached hydrogen (secondary N) is 2. The number of amides is 4. The summed E-state index contributed by atoms with van der Waals surface area (Å²) in [7, 11) is 0. The molecule has 1 aromatic rings. The minimum atomic E-state index is -0.493. The predicted molar refractivity (Wildman–Crippen MR) is 95.3 cm³/mol. The topological polar surface area (TPSA) is 81.8 Å². The molecule has 0 unspecified atom stereocenters. The summed E-state index contributed by atoms with van der Waals surface area (Å²) in [4.78, 5) is 39.3. The van der Waals surface area contributed by atoms with Gasteiger partial charge in [0.2, 0.25) is 5.91 Å². The molecule has 1 heterocycles. The third kappa shape index (κ3) is 5.52. The third-order valence-corrected chi connectivity index (χ3v) is 4.23. The summed E-state index contributed by atoms with van der Waals surface area (Å²) in [5.41, 5.74) is 0.826. The molecule has 4 amide bonds.